The molecule has 3 aliphatic rings. The monoisotopic (exact) mass is 473 g/mol. The molecular weight excluding hydrogens is 442 g/mol. The quantitative estimate of drug-likeness (QED) is 0.650. The molecule has 9 nitrogen and oxygen atoms in total. The highest BCUT2D eigenvalue weighted by Gasteiger charge is 2.32. The number of aryl methyl sites for hydroxylation is 3. The maximum absolute atomic E-state index is 13.1. The van der Waals surface area contributed by atoms with Gasteiger partial charge in [-0.1, -0.05) is 11.2 Å². The summed E-state index contributed by atoms with van der Waals surface area (Å²) < 4.78 is 33.1. The molecule has 1 aliphatic carbocycles. The Balaban J connectivity index is 1.12. The van der Waals surface area contributed by atoms with Crippen LogP contribution in [0.1, 0.15) is 48.0 Å². The van der Waals surface area contributed by atoms with Gasteiger partial charge in [0.2, 0.25) is 21.8 Å². The minimum Gasteiger partial charge on any atom is -0.339 e. The van der Waals surface area contributed by atoms with Crippen LogP contribution in [0.5, 0.6) is 0 Å². The predicted octanol–water partition coefficient (Wildman–Crippen LogP) is 1.58. The second-order valence-corrected chi connectivity index (χ2v) is 11.2. The van der Waals surface area contributed by atoms with Gasteiger partial charge in [0.15, 0.2) is 5.82 Å². The van der Waals surface area contributed by atoms with Crippen LogP contribution >= 0.6 is 0 Å². The van der Waals surface area contributed by atoms with Crippen molar-refractivity contribution in [2.45, 2.75) is 49.8 Å². The van der Waals surface area contributed by atoms with Crippen molar-refractivity contribution in [1.82, 2.24) is 24.2 Å². The number of sulfonamides is 1. The zero-order valence-corrected chi connectivity index (χ0v) is 19.9. The lowest BCUT2D eigenvalue weighted by atomic mass is 9.97. The average molecular weight is 474 g/mol. The fraction of sp³-hybridized carbons (Fsp3) is 0.609. The summed E-state index contributed by atoms with van der Waals surface area (Å²) >= 11 is 0. The van der Waals surface area contributed by atoms with E-state index in [9.17, 15) is 13.2 Å². The van der Waals surface area contributed by atoms with Crippen LogP contribution in [-0.2, 0) is 27.7 Å². The fourth-order valence-electron chi connectivity index (χ4n) is 5.14. The van der Waals surface area contributed by atoms with Gasteiger partial charge < -0.3 is 9.42 Å². The van der Waals surface area contributed by atoms with Gasteiger partial charge in [-0.3, -0.25) is 9.69 Å². The zero-order chi connectivity index (χ0) is 23.0. The summed E-state index contributed by atoms with van der Waals surface area (Å²) in [5.41, 5.74) is 2.42. The zero-order valence-electron chi connectivity index (χ0n) is 19.1. The van der Waals surface area contributed by atoms with Gasteiger partial charge in [-0.05, 0) is 75.4 Å². The number of benzene rings is 1. The number of hydrogen-bond acceptors (Lipinski definition) is 7. The van der Waals surface area contributed by atoms with Gasteiger partial charge in [-0.2, -0.15) is 9.29 Å². The number of hydrogen-bond donors (Lipinski definition) is 0. The Morgan fingerprint density at radius 3 is 2.48 bits per heavy atom. The maximum atomic E-state index is 13.1. The van der Waals surface area contributed by atoms with E-state index in [2.05, 4.69) is 15.0 Å². The Hall–Kier alpha value is -2.30. The van der Waals surface area contributed by atoms with Gasteiger partial charge in [0.05, 0.1) is 11.4 Å². The summed E-state index contributed by atoms with van der Waals surface area (Å²) in [6.07, 6.45) is 4.86. The molecule has 0 unspecified atom stereocenters. The first-order valence-corrected chi connectivity index (χ1v) is 13.3. The van der Waals surface area contributed by atoms with Gasteiger partial charge in [-0.15, -0.1) is 0 Å². The molecule has 1 aromatic carbocycles. The van der Waals surface area contributed by atoms with E-state index in [-0.39, 0.29) is 11.8 Å². The highest BCUT2D eigenvalue weighted by Crippen LogP contribution is 2.28. The standard InChI is InChI=1S/C23H31N5O4S/c1-17-24-23(32-25-17)19-7-9-26(10-8-19)16-22(29)27-11-13-28(14-12-27)33(30,31)21-6-5-18-3-2-4-20(18)15-21/h5-6,15,19H,2-4,7-14,16H2,1H3. The largest absolute Gasteiger partial charge is 0.339 e. The average Bonchev–Trinajstić information content (AvgIpc) is 3.48. The first-order valence-electron chi connectivity index (χ1n) is 11.8. The van der Waals surface area contributed by atoms with Crippen molar-refractivity contribution in [1.29, 1.82) is 0 Å². The first kappa shape index (κ1) is 22.5. The predicted molar refractivity (Wildman–Crippen MR) is 121 cm³/mol. The summed E-state index contributed by atoms with van der Waals surface area (Å²) in [6.45, 7) is 5.34. The second-order valence-electron chi connectivity index (χ2n) is 9.30. The lowest BCUT2D eigenvalue weighted by Gasteiger charge is -2.36. The van der Waals surface area contributed by atoms with E-state index in [0.29, 0.717) is 49.3 Å². The molecule has 178 valence electrons. The van der Waals surface area contributed by atoms with Crippen molar-refractivity contribution in [3.63, 3.8) is 0 Å². The number of piperidine rings is 1. The van der Waals surface area contributed by atoms with Crippen LogP contribution < -0.4 is 0 Å². The molecule has 0 bridgehead atoms. The third-order valence-electron chi connectivity index (χ3n) is 7.14. The molecule has 0 spiro atoms. The molecule has 1 aromatic heterocycles. The van der Waals surface area contributed by atoms with E-state index >= 15 is 0 Å². The lowest BCUT2D eigenvalue weighted by molar-refractivity contribution is -0.133. The Morgan fingerprint density at radius 1 is 1.06 bits per heavy atom. The number of amides is 1. The Labute approximate surface area is 194 Å². The van der Waals surface area contributed by atoms with Crippen molar-refractivity contribution < 1.29 is 17.7 Å². The van der Waals surface area contributed by atoms with Crippen molar-refractivity contribution in [3.05, 3.63) is 41.0 Å². The molecule has 1 amide bonds. The molecule has 10 heteroatoms. The minimum atomic E-state index is -3.53. The van der Waals surface area contributed by atoms with Crippen molar-refractivity contribution in [3.8, 4) is 0 Å². The van der Waals surface area contributed by atoms with E-state index in [4.69, 9.17) is 4.52 Å². The third-order valence-corrected chi connectivity index (χ3v) is 9.03. The summed E-state index contributed by atoms with van der Waals surface area (Å²) in [4.78, 5) is 21.5. The number of rotatable bonds is 5. The van der Waals surface area contributed by atoms with E-state index in [1.54, 1.807) is 11.0 Å². The molecule has 2 aromatic rings. The van der Waals surface area contributed by atoms with Crippen LogP contribution in [0.15, 0.2) is 27.6 Å². The molecule has 33 heavy (non-hydrogen) atoms. The van der Waals surface area contributed by atoms with Crippen LogP contribution in [0.2, 0.25) is 0 Å². The molecule has 2 aliphatic heterocycles. The molecule has 0 N–H and O–H groups in total. The summed E-state index contributed by atoms with van der Waals surface area (Å²) in [5.74, 6) is 1.67. The van der Waals surface area contributed by atoms with Crippen LogP contribution in [0.3, 0.4) is 0 Å². The number of piperazine rings is 1. The van der Waals surface area contributed by atoms with E-state index in [1.165, 1.54) is 9.87 Å². The Morgan fingerprint density at radius 2 is 1.79 bits per heavy atom. The van der Waals surface area contributed by atoms with Crippen LogP contribution in [0.25, 0.3) is 0 Å². The number of carbonyl (C=O) groups is 1. The highest BCUT2D eigenvalue weighted by molar-refractivity contribution is 7.89. The van der Waals surface area contributed by atoms with Gasteiger partial charge in [0.25, 0.3) is 0 Å². The first-order chi connectivity index (χ1) is 15.9. The number of nitrogens with zero attached hydrogens (tertiary/aromatic N) is 5. The van der Waals surface area contributed by atoms with Crippen LogP contribution in [-0.4, -0.2) is 84.4 Å². The summed E-state index contributed by atoms with van der Waals surface area (Å²) in [6, 6.07) is 5.53. The number of aromatic nitrogens is 2. The molecule has 2 saturated heterocycles. The van der Waals surface area contributed by atoms with Crippen LogP contribution in [0, 0.1) is 6.92 Å². The molecule has 3 heterocycles. The minimum absolute atomic E-state index is 0.0664. The van der Waals surface area contributed by atoms with E-state index in [0.717, 1.165) is 50.8 Å². The molecule has 0 saturated carbocycles. The van der Waals surface area contributed by atoms with Gasteiger partial charge >= 0.3 is 0 Å². The molecule has 0 atom stereocenters. The van der Waals surface area contributed by atoms with Crippen LogP contribution in [0.4, 0.5) is 0 Å². The number of fused-ring (bicyclic) bond motifs is 1. The van der Waals surface area contributed by atoms with Crippen molar-refractivity contribution in [2.24, 2.45) is 0 Å². The smallest absolute Gasteiger partial charge is 0.243 e. The highest BCUT2D eigenvalue weighted by atomic mass is 32.2. The fourth-order valence-corrected chi connectivity index (χ4v) is 6.62. The lowest BCUT2D eigenvalue weighted by Crippen LogP contribution is -2.53. The van der Waals surface area contributed by atoms with Gasteiger partial charge in [-0.25, -0.2) is 8.42 Å². The molecule has 5 rings (SSSR count). The Kier molecular flexibility index (Phi) is 6.24. The van der Waals surface area contributed by atoms with Crippen molar-refractivity contribution >= 4 is 15.9 Å². The third kappa shape index (κ3) is 4.69. The van der Waals surface area contributed by atoms with E-state index in [1.807, 2.05) is 19.1 Å². The topological polar surface area (TPSA) is 99.9 Å². The van der Waals surface area contributed by atoms with E-state index < -0.39 is 10.0 Å². The molecule has 0 radical (unpaired) electrons. The van der Waals surface area contributed by atoms with Gasteiger partial charge in [0, 0.05) is 32.1 Å². The Bertz CT molecular complexity index is 1120. The normalized spacial score (nSPS) is 20.8. The number of likely N-dealkylation sites (tertiary alicyclic amines) is 1. The summed E-state index contributed by atoms with van der Waals surface area (Å²) in [7, 11) is -3.53. The molecular formula is C23H31N5O4S. The maximum Gasteiger partial charge on any atom is 0.243 e. The summed E-state index contributed by atoms with van der Waals surface area (Å²) in [5, 5.41) is 3.87. The molecule has 2 fully saturated rings. The number of carbonyl (C=O) groups excluding carboxylic acids is 1. The van der Waals surface area contributed by atoms with Crippen molar-refractivity contribution in [2.75, 3.05) is 45.8 Å². The van der Waals surface area contributed by atoms with Gasteiger partial charge in [0.1, 0.15) is 0 Å². The second kappa shape index (κ2) is 9.15. The SMILES string of the molecule is Cc1noc(C2CCN(CC(=O)N3CCN(S(=O)(=O)c4ccc5c(c4)CCC5)CC3)CC2)n1.